The van der Waals surface area contributed by atoms with Gasteiger partial charge in [-0.3, -0.25) is 14.9 Å². The van der Waals surface area contributed by atoms with Crippen molar-refractivity contribution in [2.45, 2.75) is 20.0 Å². The summed E-state index contributed by atoms with van der Waals surface area (Å²) in [4.78, 5) is 24.8. The first-order valence-corrected chi connectivity index (χ1v) is 6.96. The van der Waals surface area contributed by atoms with Crippen molar-refractivity contribution in [2.75, 3.05) is 31.6 Å². The molecule has 0 saturated carbocycles. The topological polar surface area (TPSA) is 84.7 Å². The van der Waals surface area contributed by atoms with Crippen LogP contribution in [0.3, 0.4) is 0 Å². The molecule has 2 rings (SSSR count). The van der Waals surface area contributed by atoms with Gasteiger partial charge < -0.3 is 15.0 Å². The molecule has 7 nitrogen and oxygen atoms in total. The Bertz CT molecular complexity index is 547. The molecular formula is C14H19N3O4. The average Bonchev–Trinajstić information content (AvgIpc) is 2.46. The molecule has 114 valence electrons. The van der Waals surface area contributed by atoms with Gasteiger partial charge in [0.15, 0.2) is 0 Å². The number of anilines is 1. The molecule has 1 saturated heterocycles. The fourth-order valence-electron chi connectivity index (χ4n) is 2.35. The molecule has 21 heavy (non-hydrogen) atoms. The fraction of sp³-hybridized carbons (Fsp3) is 0.500. The third kappa shape index (κ3) is 3.49. The number of carbonyl (C=O) groups excluding carboxylic acids is 1. The molecule has 0 radical (unpaired) electrons. The largest absolute Gasteiger partial charge is 0.385 e. The number of amides is 1. The molecule has 0 aromatic heterocycles. The quantitative estimate of drug-likeness (QED) is 0.677. The van der Waals surface area contributed by atoms with Crippen LogP contribution in [0.5, 0.6) is 0 Å². The Hall–Kier alpha value is -2.15. The summed E-state index contributed by atoms with van der Waals surface area (Å²) in [7, 11) is 0. The number of benzene rings is 1. The van der Waals surface area contributed by atoms with Crippen LogP contribution in [0, 0.1) is 10.1 Å². The van der Waals surface area contributed by atoms with Crippen LogP contribution in [0.1, 0.15) is 24.2 Å². The fourth-order valence-corrected chi connectivity index (χ4v) is 2.35. The second-order valence-corrected chi connectivity index (χ2v) is 4.95. The van der Waals surface area contributed by atoms with Gasteiger partial charge >= 0.3 is 0 Å². The second kappa shape index (κ2) is 6.53. The van der Waals surface area contributed by atoms with Crippen LogP contribution in [0.4, 0.5) is 11.4 Å². The monoisotopic (exact) mass is 293 g/mol. The summed E-state index contributed by atoms with van der Waals surface area (Å²) in [5, 5.41) is 14.2. The van der Waals surface area contributed by atoms with Gasteiger partial charge in [0, 0.05) is 31.4 Å². The minimum Gasteiger partial charge on any atom is -0.385 e. The van der Waals surface area contributed by atoms with Gasteiger partial charge in [-0.1, -0.05) is 0 Å². The van der Waals surface area contributed by atoms with Crippen LogP contribution in [-0.4, -0.2) is 48.1 Å². The number of morpholine rings is 1. The van der Waals surface area contributed by atoms with Crippen LogP contribution >= 0.6 is 0 Å². The molecule has 7 heteroatoms. The second-order valence-electron chi connectivity index (χ2n) is 4.95. The molecule has 1 aliphatic heterocycles. The number of nitrogens with one attached hydrogen (secondary N) is 1. The molecule has 1 fully saturated rings. The summed E-state index contributed by atoms with van der Waals surface area (Å²) < 4.78 is 5.39. The summed E-state index contributed by atoms with van der Waals surface area (Å²) >= 11 is 0. The molecule has 0 bridgehead atoms. The number of hydrogen-bond acceptors (Lipinski definition) is 5. The lowest BCUT2D eigenvalue weighted by atomic mass is 10.1. The van der Waals surface area contributed by atoms with E-state index in [0.29, 0.717) is 31.9 Å². The Morgan fingerprint density at radius 1 is 1.57 bits per heavy atom. The number of nitrogens with zero attached hydrogens (tertiary/aromatic N) is 2. The lowest BCUT2D eigenvalue weighted by molar-refractivity contribution is -0.385. The molecule has 1 aromatic rings. The van der Waals surface area contributed by atoms with E-state index >= 15 is 0 Å². The molecule has 0 aliphatic carbocycles. The first kappa shape index (κ1) is 15.2. The maximum absolute atomic E-state index is 12.6. The van der Waals surface area contributed by atoms with Gasteiger partial charge in [0.2, 0.25) is 0 Å². The van der Waals surface area contributed by atoms with E-state index in [1.807, 2.05) is 13.8 Å². The zero-order valence-corrected chi connectivity index (χ0v) is 12.2. The predicted molar refractivity (Wildman–Crippen MR) is 78.6 cm³/mol. The zero-order chi connectivity index (χ0) is 15.4. The van der Waals surface area contributed by atoms with Gasteiger partial charge in [-0.15, -0.1) is 0 Å². The molecule has 0 spiro atoms. The first-order valence-electron chi connectivity index (χ1n) is 6.96. The lowest BCUT2D eigenvalue weighted by Gasteiger charge is -2.31. The number of nitro benzene ring substituents is 1. The van der Waals surface area contributed by atoms with Gasteiger partial charge in [-0.05, 0) is 26.0 Å². The van der Waals surface area contributed by atoms with Gasteiger partial charge in [0.1, 0.15) is 5.56 Å². The standard InChI is InChI=1S/C14H19N3O4/c1-3-15-11-4-5-13(17(19)20)12(8-11)14(18)16-6-7-21-10(2)9-16/h4-5,8,10,15H,3,6-7,9H2,1-2H3. The van der Waals surface area contributed by atoms with Gasteiger partial charge in [-0.25, -0.2) is 0 Å². The Kier molecular flexibility index (Phi) is 4.74. The third-order valence-corrected chi connectivity index (χ3v) is 3.33. The maximum Gasteiger partial charge on any atom is 0.282 e. The number of carbonyl (C=O) groups is 1. The summed E-state index contributed by atoms with van der Waals surface area (Å²) in [5.74, 6) is -0.323. The van der Waals surface area contributed by atoms with Crippen LogP contribution < -0.4 is 5.32 Å². The van der Waals surface area contributed by atoms with Crippen LogP contribution in [0.15, 0.2) is 18.2 Å². The van der Waals surface area contributed by atoms with Crippen molar-refractivity contribution >= 4 is 17.3 Å². The number of nitro groups is 1. The summed E-state index contributed by atoms with van der Waals surface area (Å²) in [6.45, 7) is 5.83. The number of ether oxygens (including phenoxy) is 1. The Labute approximate surface area is 123 Å². The normalized spacial score (nSPS) is 18.4. The number of hydrogen-bond donors (Lipinski definition) is 1. The Morgan fingerprint density at radius 3 is 2.95 bits per heavy atom. The van der Waals surface area contributed by atoms with E-state index in [0.717, 1.165) is 0 Å². The zero-order valence-electron chi connectivity index (χ0n) is 12.2. The minimum atomic E-state index is -0.521. The summed E-state index contributed by atoms with van der Waals surface area (Å²) in [6.07, 6.45) is -0.0568. The van der Waals surface area contributed by atoms with Gasteiger partial charge in [-0.2, -0.15) is 0 Å². The molecule has 1 N–H and O–H groups in total. The molecule has 1 heterocycles. The van der Waals surface area contributed by atoms with E-state index in [9.17, 15) is 14.9 Å². The summed E-state index contributed by atoms with van der Waals surface area (Å²) in [5.41, 5.74) is 0.654. The van der Waals surface area contributed by atoms with Crippen LogP contribution in [-0.2, 0) is 4.74 Å². The van der Waals surface area contributed by atoms with Crippen LogP contribution in [0.25, 0.3) is 0 Å². The summed E-state index contributed by atoms with van der Waals surface area (Å²) in [6, 6.07) is 4.53. The molecule has 1 aromatic carbocycles. The smallest absolute Gasteiger partial charge is 0.282 e. The molecule has 1 atom stereocenters. The van der Waals surface area contributed by atoms with Crippen molar-refractivity contribution in [1.82, 2.24) is 4.90 Å². The maximum atomic E-state index is 12.6. The van der Waals surface area contributed by atoms with Crippen molar-refractivity contribution in [1.29, 1.82) is 0 Å². The van der Waals surface area contributed by atoms with Crippen LogP contribution in [0.2, 0.25) is 0 Å². The highest BCUT2D eigenvalue weighted by atomic mass is 16.6. The minimum absolute atomic E-state index is 0.0568. The highest BCUT2D eigenvalue weighted by Crippen LogP contribution is 2.25. The molecular weight excluding hydrogens is 274 g/mol. The average molecular weight is 293 g/mol. The third-order valence-electron chi connectivity index (χ3n) is 3.33. The van der Waals surface area contributed by atoms with E-state index in [1.54, 1.807) is 17.0 Å². The van der Waals surface area contributed by atoms with Crippen molar-refractivity contribution in [3.05, 3.63) is 33.9 Å². The lowest BCUT2D eigenvalue weighted by Crippen LogP contribution is -2.44. The van der Waals surface area contributed by atoms with Crippen molar-refractivity contribution in [3.8, 4) is 0 Å². The van der Waals surface area contributed by atoms with E-state index in [2.05, 4.69) is 5.32 Å². The highest BCUT2D eigenvalue weighted by Gasteiger charge is 2.28. The molecule has 1 aliphatic rings. The van der Waals surface area contributed by atoms with Gasteiger partial charge in [0.25, 0.3) is 11.6 Å². The molecule has 1 amide bonds. The van der Waals surface area contributed by atoms with Crippen molar-refractivity contribution in [2.24, 2.45) is 0 Å². The van der Waals surface area contributed by atoms with Gasteiger partial charge in [0.05, 0.1) is 17.6 Å². The predicted octanol–water partition coefficient (Wildman–Crippen LogP) is 1.89. The molecule has 1 unspecified atom stereocenters. The Balaban J connectivity index is 2.32. The van der Waals surface area contributed by atoms with E-state index in [-0.39, 0.29) is 23.3 Å². The number of rotatable bonds is 4. The van der Waals surface area contributed by atoms with Crippen molar-refractivity contribution < 1.29 is 14.5 Å². The van der Waals surface area contributed by atoms with Crippen molar-refractivity contribution in [3.63, 3.8) is 0 Å². The van der Waals surface area contributed by atoms with E-state index in [4.69, 9.17) is 4.74 Å². The van der Waals surface area contributed by atoms with E-state index < -0.39 is 4.92 Å². The van der Waals surface area contributed by atoms with E-state index in [1.165, 1.54) is 6.07 Å². The Morgan fingerprint density at radius 2 is 2.33 bits per heavy atom. The highest BCUT2D eigenvalue weighted by molar-refractivity contribution is 5.99. The SMILES string of the molecule is CCNc1ccc([N+](=O)[O-])c(C(=O)N2CCOC(C)C2)c1. The first-order chi connectivity index (χ1) is 10.0.